The van der Waals surface area contributed by atoms with Crippen LogP contribution >= 0.6 is 0 Å². The standard InChI is InChI=1S/C23H27N3O2S/c1-14-4-2-3-5-20(14)26-21(18-12-29(28)13-19(18)25-26)24-22(27)23-9-15-6-16(10-23)8-17(7-15)11-23/h2-5,15-17H,6-13H2,1H3,(H,24,27)/t15?,16?,17?,23?,29-/m1/s1. The number of nitrogens with one attached hydrogen (secondary N) is 1. The van der Waals surface area contributed by atoms with E-state index in [1.807, 2.05) is 22.9 Å². The molecule has 2 aromatic rings. The van der Waals surface area contributed by atoms with E-state index in [9.17, 15) is 9.00 Å². The Bertz CT molecular complexity index is 1010. The van der Waals surface area contributed by atoms with Gasteiger partial charge in [-0.2, -0.15) is 5.10 Å². The molecule has 1 amide bonds. The molecule has 0 spiro atoms. The summed E-state index contributed by atoms with van der Waals surface area (Å²) in [6, 6.07) is 8.11. The molecule has 29 heavy (non-hydrogen) atoms. The molecule has 4 fully saturated rings. The van der Waals surface area contributed by atoms with Crippen LogP contribution in [0.3, 0.4) is 0 Å². The number of benzene rings is 1. The fraction of sp³-hybridized carbons (Fsp3) is 0.565. The van der Waals surface area contributed by atoms with Gasteiger partial charge in [0.2, 0.25) is 5.91 Å². The third-order valence-corrected chi connectivity index (χ3v) is 8.97. The molecule has 7 rings (SSSR count). The molecule has 1 aromatic heterocycles. The summed E-state index contributed by atoms with van der Waals surface area (Å²) in [5, 5.41) is 8.10. The fourth-order valence-electron chi connectivity index (χ4n) is 6.86. The van der Waals surface area contributed by atoms with Gasteiger partial charge in [-0.05, 0) is 74.8 Å². The maximum atomic E-state index is 13.7. The smallest absolute Gasteiger partial charge is 0.231 e. The van der Waals surface area contributed by atoms with E-state index in [4.69, 9.17) is 5.10 Å². The first kappa shape index (κ1) is 17.9. The Morgan fingerprint density at radius 1 is 1.10 bits per heavy atom. The maximum absolute atomic E-state index is 13.7. The van der Waals surface area contributed by atoms with Gasteiger partial charge in [0.25, 0.3) is 0 Å². The molecule has 0 saturated heterocycles. The number of anilines is 1. The molecular weight excluding hydrogens is 382 g/mol. The molecule has 1 atom stereocenters. The molecule has 0 unspecified atom stereocenters. The number of amides is 1. The van der Waals surface area contributed by atoms with Gasteiger partial charge in [0.05, 0.1) is 28.3 Å². The lowest BCUT2D eigenvalue weighted by atomic mass is 9.49. The van der Waals surface area contributed by atoms with Crippen LogP contribution in [-0.2, 0) is 27.1 Å². The van der Waals surface area contributed by atoms with E-state index < -0.39 is 10.8 Å². The molecule has 1 aliphatic heterocycles. The Morgan fingerprint density at radius 3 is 2.41 bits per heavy atom. The summed E-state index contributed by atoms with van der Waals surface area (Å²) in [6.45, 7) is 2.06. The SMILES string of the molecule is Cc1ccccc1-n1nc2c(c1NC(=O)C13CC4CC(CC(C4)C1)C3)C[S@@](=O)C2. The predicted molar refractivity (Wildman–Crippen MR) is 113 cm³/mol. The third kappa shape index (κ3) is 2.75. The average Bonchev–Trinajstić information content (AvgIpc) is 3.18. The average molecular weight is 410 g/mol. The highest BCUT2D eigenvalue weighted by Gasteiger charge is 2.54. The number of hydrogen-bond donors (Lipinski definition) is 1. The Kier molecular flexibility index (Phi) is 3.87. The lowest BCUT2D eigenvalue weighted by Gasteiger charge is -2.55. The number of fused-ring (bicyclic) bond motifs is 1. The zero-order valence-corrected chi connectivity index (χ0v) is 17.6. The molecule has 6 heteroatoms. The van der Waals surface area contributed by atoms with E-state index in [0.717, 1.165) is 65.3 Å². The van der Waals surface area contributed by atoms with Crippen molar-refractivity contribution in [3.8, 4) is 5.69 Å². The van der Waals surface area contributed by atoms with Gasteiger partial charge < -0.3 is 5.32 Å². The molecule has 5 nitrogen and oxygen atoms in total. The van der Waals surface area contributed by atoms with Crippen LogP contribution in [0.1, 0.15) is 55.3 Å². The summed E-state index contributed by atoms with van der Waals surface area (Å²) in [5.74, 6) is 4.07. The number of carbonyl (C=O) groups is 1. The second-order valence-corrected chi connectivity index (χ2v) is 11.3. The number of nitrogens with zero attached hydrogens (tertiary/aromatic N) is 2. The quantitative estimate of drug-likeness (QED) is 0.830. The number of aryl methyl sites for hydroxylation is 1. The Labute approximate surface area is 173 Å². The highest BCUT2D eigenvalue weighted by atomic mass is 32.2. The molecular formula is C23H27N3O2S. The van der Waals surface area contributed by atoms with Crippen LogP contribution in [0.2, 0.25) is 0 Å². The lowest BCUT2D eigenvalue weighted by Crippen LogP contribution is -2.52. The minimum absolute atomic E-state index is 0.173. The van der Waals surface area contributed by atoms with Crippen molar-refractivity contribution in [1.29, 1.82) is 0 Å². The number of rotatable bonds is 3. The molecule has 2 heterocycles. The summed E-state index contributed by atoms with van der Waals surface area (Å²) in [7, 11) is -0.921. The third-order valence-electron chi connectivity index (χ3n) is 7.77. The van der Waals surface area contributed by atoms with Crippen molar-refractivity contribution in [3.63, 3.8) is 0 Å². The molecule has 1 aromatic carbocycles. The first-order chi connectivity index (χ1) is 14.0. The predicted octanol–water partition coefficient (Wildman–Crippen LogP) is 4.10. The van der Waals surface area contributed by atoms with Crippen molar-refractivity contribution >= 4 is 22.5 Å². The highest BCUT2D eigenvalue weighted by Crippen LogP contribution is 2.60. The van der Waals surface area contributed by atoms with Crippen LogP contribution in [0.25, 0.3) is 5.69 Å². The van der Waals surface area contributed by atoms with Crippen LogP contribution in [0.15, 0.2) is 24.3 Å². The second kappa shape index (κ2) is 6.27. The number of hydrogen-bond acceptors (Lipinski definition) is 3. The van der Waals surface area contributed by atoms with Crippen LogP contribution in [0, 0.1) is 30.1 Å². The number of carbonyl (C=O) groups excluding carboxylic acids is 1. The first-order valence-electron chi connectivity index (χ1n) is 10.8. The van der Waals surface area contributed by atoms with Crippen molar-refractivity contribution in [2.24, 2.45) is 23.2 Å². The van der Waals surface area contributed by atoms with Gasteiger partial charge in [-0.1, -0.05) is 18.2 Å². The highest BCUT2D eigenvalue weighted by molar-refractivity contribution is 7.83. The summed E-state index contributed by atoms with van der Waals surface area (Å²) in [4.78, 5) is 13.7. The van der Waals surface area contributed by atoms with Gasteiger partial charge in [0.1, 0.15) is 5.82 Å². The minimum atomic E-state index is -0.921. The zero-order valence-electron chi connectivity index (χ0n) is 16.8. The number of aromatic nitrogens is 2. The van der Waals surface area contributed by atoms with Crippen molar-refractivity contribution in [2.45, 2.75) is 57.0 Å². The van der Waals surface area contributed by atoms with Gasteiger partial charge in [-0.3, -0.25) is 9.00 Å². The molecule has 4 aliphatic carbocycles. The summed E-state index contributed by atoms with van der Waals surface area (Å²) >= 11 is 0. The van der Waals surface area contributed by atoms with E-state index in [0.29, 0.717) is 11.5 Å². The monoisotopic (exact) mass is 409 g/mol. The van der Waals surface area contributed by atoms with Crippen molar-refractivity contribution in [3.05, 3.63) is 41.1 Å². The van der Waals surface area contributed by atoms with E-state index in [1.54, 1.807) is 0 Å². The lowest BCUT2D eigenvalue weighted by molar-refractivity contribution is -0.140. The molecule has 5 aliphatic rings. The largest absolute Gasteiger partial charge is 0.310 e. The Hall–Kier alpha value is -1.95. The van der Waals surface area contributed by atoms with Crippen LogP contribution in [-0.4, -0.2) is 19.9 Å². The maximum Gasteiger partial charge on any atom is 0.231 e. The first-order valence-corrected chi connectivity index (χ1v) is 12.3. The topological polar surface area (TPSA) is 64.0 Å². The van der Waals surface area contributed by atoms with E-state index in [2.05, 4.69) is 18.3 Å². The Morgan fingerprint density at radius 2 is 1.76 bits per heavy atom. The number of para-hydroxylation sites is 1. The van der Waals surface area contributed by atoms with Gasteiger partial charge in [-0.25, -0.2) is 4.68 Å². The normalized spacial score (nSPS) is 34.4. The van der Waals surface area contributed by atoms with Crippen LogP contribution in [0.4, 0.5) is 5.82 Å². The van der Waals surface area contributed by atoms with Gasteiger partial charge in [-0.15, -0.1) is 0 Å². The summed E-state index contributed by atoms with van der Waals surface area (Å²) in [6.07, 6.45) is 7.08. The van der Waals surface area contributed by atoms with Crippen LogP contribution in [0.5, 0.6) is 0 Å². The zero-order chi connectivity index (χ0) is 19.8. The van der Waals surface area contributed by atoms with Crippen molar-refractivity contribution < 1.29 is 9.00 Å². The van der Waals surface area contributed by atoms with Crippen LogP contribution < -0.4 is 5.32 Å². The van der Waals surface area contributed by atoms with E-state index in [1.165, 1.54) is 19.3 Å². The summed E-state index contributed by atoms with van der Waals surface area (Å²) < 4.78 is 14.1. The van der Waals surface area contributed by atoms with Gasteiger partial charge >= 0.3 is 0 Å². The fourth-order valence-corrected chi connectivity index (χ4v) is 8.12. The van der Waals surface area contributed by atoms with Gasteiger partial charge in [0.15, 0.2) is 0 Å². The molecule has 4 saturated carbocycles. The van der Waals surface area contributed by atoms with Gasteiger partial charge in [0, 0.05) is 16.4 Å². The minimum Gasteiger partial charge on any atom is -0.310 e. The molecule has 0 radical (unpaired) electrons. The summed E-state index contributed by atoms with van der Waals surface area (Å²) in [5.41, 5.74) is 3.71. The molecule has 1 N–H and O–H groups in total. The van der Waals surface area contributed by atoms with E-state index in [-0.39, 0.29) is 11.3 Å². The molecule has 152 valence electrons. The van der Waals surface area contributed by atoms with Crippen molar-refractivity contribution in [1.82, 2.24) is 9.78 Å². The second-order valence-electron chi connectivity index (χ2n) is 9.85. The Balaban J connectivity index is 1.39. The van der Waals surface area contributed by atoms with E-state index >= 15 is 0 Å². The molecule has 4 bridgehead atoms. The van der Waals surface area contributed by atoms with Crippen molar-refractivity contribution in [2.75, 3.05) is 5.32 Å².